The third-order valence-electron chi connectivity index (χ3n) is 6.10. The first kappa shape index (κ1) is 23.1. The van der Waals surface area contributed by atoms with Crippen LogP contribution in [0.2, 0.25) is 0 Å². The first-order valence-electron chi connectivity index (χ1n) is 10.9. The van der Waals surface area contributed by atoms with E-state index in [1.54, 1.807) is 32.4 Å². The van der Waals surface area contributed by atoms with Crippen molar-refractivity contribution in [1.29, 1.82) is 0 Å². The van der Waals surface area contributed by atoms with Crippen molar-refractivity contribution in [2.75, 3.05) is 27.3 Å². The highest BCUT2D eigenvalue weighted by Crippen LogP contribution is 2.28. The van der Waals surface area contributed by atoms with Crippen molar-refractivity contribution in [2.24, 2.45) is 5.92 Å². The molecule has 7 nitrogen and oxygen atoms in total. The van der Waals surface area contributed by atoms with Crippen LogP contribution in [0.4, 0.5) is 0 Å². The van der Waals surface area contributed by atoms with Crippen LogP contribution in [0, 0.1) is 5.92 Å². The average Bonchev–Trinajstić information content (AvgIpc) is 2.86. The minimum atomic E-state index is -3.60. The summed E-state index contributed by atoms with van der Waals surface area (Å²) in [6.07, 6.45) is 0.981. The van der Waals surface area contributed by atoms with Gasteiger partial charge in [-0.3, -0.25) is 4.79 Å². The number of hydrogen-bond acceptors (Lipinski definition) is 5. The quantitative estimate of drug-likeness (QED) is 0.573. The third kappa shape index (κ3) is 4.96. The van der Waals surface area contributed by atoms with Crippen LogP contribution >= 0.6 is 0 Å². The highest BCUT2D eigenvalue weighted by atomic mass is 32.2. The number of nitrogens with zero attached hydrogens (tertiary/aromatic N) is 1. The van der Waals surface area contributed by atoms with Gasteiger partial charge in [0.15, 0.2) is 11.5 Å². The summed E-state index contributed by atoms with van der Waals surface area (Å²) in [6.45, 7) is 1.02. The van der Waals surface area contributed by atoms with E-state index in [2.05, 4.69) is 5.32 Å². The van der Waals surface area contributed by atoms with E-state index in [1.165, 1.54) is 4.31 Å². The Morgan fingerprint density at radius 1 is 0.939 bits per heavy atom. The molecule has 3 aromatic carbocycles. The van der Waals surface area contributed by atoms with E-state index < -0.39 is 10.0 Å². The second-order valence-electron chi connectivity index (χ2n) is 8.09. The zero-order valence-electron chi connectivity index (χ0n) is 18.8. The standard InChI is InChI=1S/C25H28N2O5S/c1-31-23-10-7-18(15-24(23)32-2)17-26-25(28)20-11-13-27(14-12-20)33(29,30)22-9-8-19-5-3-4-6-21(19)16-22/h3-10,15-16,20H,11-14,17H2,1-2H3,(H,26,28). The average molecular weight is 469 g/mol. The molecule has 1 saturated heterocycles. The molecule has 1 aliphatic rings. The lowest BCUT2D eigenvalue weighted by Gasteiger charge is -2.30. The molecule has 1 N–H and O–H groups in total. The van der Waals surface area contributed by atoms with Gasteiger partial charge in [-0.05, 0) is 53.4 Å². The second kappa shape index (κ2) is 9.80. The maximum atomic E-state index is 13.1. The van der Waals surface area contributed by atoms with E-state index in [9.17, 15) is 13.2 Å². The van der Waals surface area contributed by atoms with Gasteiger partial charge in [0.1, 0.15) is 0 Å². The Morgan fingerprint density at radius 2 is 1.64 bits per heavy atom. The fourth-order valence-corrected chi connectivity index (χ4v) is 5.66. The van der Waals surface area contributed by atoms with Crippen molar-refractivity contribution in [3.05, 3.63) is 66.2 Å². The van der Waals surface area contributed by atoms with Crippen LogP contribution in [-0.4, -0.2) is 45.9 Å². The van der Waals surface area contributed by atoms with Crippen molar-refractivity contribution in [1.82, 2.24) is 9.62 Å². The summed E-state index contributed by atoms with van der Waals surface area (Å²) in [6, 6.07) is 18.4. The summed E-state index contributed by atoms with van der Waals surface area (Å²) in [4.78, 5) is 13.0. The minimum absolute atomic E-state index is 0.0625. The van der Waals surface area contributed by atoms with Crippen LogP contribution in [0.15, 0.2) is 65.6 Å². The molecular weight excluding hydrogens is 440 g/mol. The van der Waals surface area contributed by atoms with E-state index in [0.29, 0.717) is 44.0 Å². The SMILES string of the molecule is COc1ccc(CNC(=O)C2CCN(S(=O)(=O)c3ccc4ccccc4c3)CC2)cc1OC. The second-order valence-corrected chi connectivity index (χ2v) is 10.0. The van der Waals surface area contributed by atoms with Gasteiger partial charge in [-0.25, -0.2) is 8.42 Å². The zero-order chi connectivity index (χ0) is 23.4. The van der Waals surface area contributed by atoms with E-state index in [1.807, 2.05) is 42.5 Å². The van der Waals surface area contributed by atoms with Crippen molar-refractivity contribution in [3.8, 4) is 11.5 Å². The van der Waals surface area contributed by atoms with Gasteiger partial charge < -0.3 is 14.8 Å². The maximum Gasteiger partial charge on any atom is 0.243 e. The number of ether oxygens (including phenoxy) is 2. The predicted octanol–water partition coefficient (Wildman–Crippen LogP) is 3.57. The maximum absolute atomic E-state index is 13.1. The van der Waals surface area contributed by atoms with Crippen molar-refractivity contribution in [2.45, 2.75) is 24.3 Å². The molecule has 1 amide bonds. The topological polar surface area (TPSA) is 84.9 Å². The Hall–Kier alpha value is -3.10. The van der Waals surface area contributed by atoms with Gasteiger partial charge in [-0.2, -0.15) is 4.31 Å². The van der Waals surface area contributed by atoms with Gasteiger partial charge in [0.05, 0.1) is 19.1 Å². The molecule has 4 rings (SSSR count). The van der Waals surface area contributed by atoms with E-state index in [-0.39, 0.29) is 16.7 Å². The van der Waals surface area contributed by atoms with E-state index in [4.69, 9.17) is 9.47 Å². The summed E-state index contributed by atoms with van der Waals surface area (Å²) < 4.78 is 38.3. The molecule has 0 saturated carbocycles. The van der Waals surface area contributed by atoms with Gasteiger partial charge in [0.25, 0.3) is 0 Å². The number of amides is 1. The molecule has 0 atom stereocenters. The lowest BCUT2D eigenvalue weighted by atomic mass is 9.97. The van der Waals surface area contributed by atoms with Crippen LogP contribution in [0.25, 0.3) is 10.8 Å². The molecule has 0 bridgehead atoms. The minimum Gasteiger partial charge on any atom is -0.493 e. The Labute approximate surface area is 194 Å². The van der Waals surface area contributed by atoms with Crippen molar-refractivity contribution >= 4 is 26.7 Å². The number of rotatable bonds is 7. The Morgan fingerprint density at radius 3 is 2.33 bits per heavy atom. The fraction of sp³-hybridized carbons (Fsp3) is 0.320. The van der Waals surface area contributed by atoms with Gasteiger partial charge in [-0.1, -0.05) is 36.4 Å². The Bertz CT molecular complexity index is 1250. The molecule has 0 spiro atoms. The van der Waals surface area contributed by atoms with Crippen LogP contribution in [0.3, 0.4) is 0 Å². The first-order valence-corrected chi connectivity index (χ1v) is 12.3. The van der Waals surface area contributed by atoms with Crippen LogP contribution in [0.5, 0.6) is 11.5 Å². The smallest absolute Gasteiger partial charge is 0.243 e. The van der Waals surface area contributed by atoms with Crippen molar-refractivity contribution in [3.63, 3.8) is 0 Å². The molecule has 33 heavy (non-hydrogen) atoms. The largest absolute Gasteiger partial charge is 0.493 e. The lowest BCUT2D eigenvalue weighted by Crippen LogP contribution is -2.42. The molecule has 0 aliphatic carbocycles. The number of piperidine rings is 1. The summed E-state index contributed by atoms with van der Waals surface area (Å²) in [5, 5.41) is 4.85. The first-order chi connectivity index (χ1) is 15.9. The number of carbonyl (C=O) groups excluding carboxylic acids is 1. The Kier molecular flexibility index (Phi) is 6.85. The number of nitrogens with one attached hydrogen (secondary N) is 1. The zero-order valence-corrected chi connectivity index (χ0v) is 19.6. The fourth-order valence-electron chi connectivity index (χ4n) is 4.16. The normalized spacial score (nSPS) is 15.3. The molecule has 0 unspecified atom stereocenters. The summed E-state index contributed by atoms with van der Waals surface area (Å²) in [5.74, 6) is 0.963. The highest BCUT2D eigenvalue weighted by molar-refractivity contribution is 7.89. The number of hydrogen-bond donors (Lipinski definition) is 1. The molecule has 0 aromatic heterocycles. The Balaban J connectivity index is 1.35. The molecule has 1 fully saturated rings. The number of carbonyl (C=O) groups is 1. The monoisotopic (exact) mass is 468 g/mol. The summed E-state index contributed by atoms with van der Waals surface area (Å²) in [5.41, 5.74) is 0.900. The molecular formula is C25H28N2O5S. The third-order valence-corrected chi connectivity index (χ3v) is 7.99. The number of methoxy groups -OCH3 is 2. The predicted molar refractivity (Wildman–Crippen MR) is 127 cm³/mol. The molecule has 174 valence electrons. The van der Waals surface area contributed by atoms with Gasteiger partial charge in [0, 0.05) is 25.6 Å². The van der Waals surface area contributed by atoms with Crippen LogP contribution < -0.4 is 14.8 Å². The molecule has 1 aliphatic heterocycles. The number of fused-ring (bicyclic) bond motifs is 1. The molecule has 0 radical (unpaired) electrons. The van der Waals surface area contributed by atoms with E-state index in [0.717, 1.165) is 16.3 Å². The summed E-state index contributed by atoms with van der Waals surface area (Å²) >= 11 is 0. The van der Waals surface area contributed by atoms with Gasteiger partial charge >= 0.3 is 0 Å². The van der Waals surface area contributed by atoms with Gasteiger partial charge in [-0.15, -0.1) is 0 Å². The molecule has 8 heteroatoms. The highest BCUT2D eigenvalue weighted by Gasteiger charge is 2.32. The van der Waals surface area contributed by atoms with Crippen LogP contribution in [0.1, 0.15) is 18.4 Å². The lowest BCUT2D eigenvalue weighted by molar-refractivity contribution is -0.126. The molecule has 1 heterocycles. The van der Waals surface area contributed by atoms with E-state index >= 15 is 0 Å². The molecule has 3 aromatic rings. The van der Waals surface area contributed by atoms with Crippen molar-refractivity contribution < 1.29 is 22.7 Å². The number of sulfonamides is 1. The van der Waals surface area contributed by atoms with Gasteiger partial charge in [0.2, 0.25) is 15.9 Å². The summed E-state index contributed by atoms with van der Waals surface area (Å²) in [7, 11) is -0.452. The number of benzene rings is 3. The van der Waals surface area contributed by atoms with Crippen LogP contribution in [-0.2, 0) is 21.4 Å².